The van der Waals surface area contributed by atoms with Crippen molar-refractivity contribution in [2.24, 2.45) is 5.73 Å². The van der Waals surface area contributed by atoms with Gasteiger partial charge >= 0.3 is 0 Å². The second-order valence-electron chi connectivity index (χ2n) is 2.57. The molecule has 0 atom stereocenters. The van der Waals surface area contributed by atoms with Gasteiger partial charge in [-0.3, -0.25) is 4.98 Å². The molecule has 0 saturated heterocycles. The summed E-state index contributed by atoms with van der Waals surface area (Å²) < 4.78 is 0. The fraction of sp³-hybridized carbons (Fsp3) is 0.111. The Bertz CT molecular complexity index is 383. The van der Waals surface area contributed by atoms with E-state index in [0.717, 1.165) is 16.1 Å². The third kappa shape index (κ3) is 1.59. The molecule has 3 nitrogen and oxygen atoms in total. The number of nitrogens with two attached hydrogens (primary N) is 1. The lowest BCUT2D eigenvalue weighted by molar-refractivity contribution is 1.01. The van der Waals surface area contributed by atoms with Gasteiger partial charge in [-0.15, -0.1) is 11.3 Å². The van der Waals surface area contributed by atoms with Gasteiger partial charge in [0, 0.05) is 24.5 Å². The molecule has 2 rings (SSSR count). The lowest BCUT2D eigenvalue weighted by atomic mass is 10.2. The van der Waals surface area contributed by atoms with Gasteiger partial charge in [-0.05, 0) is 6.07 Å². The van der Waals surface area contributed by atoms with Crippen LogP contribution in [0.2, 0.25) is 0 Å². The third-order valence-electron chi connectivity index (χ3n) is 1.76. The molecule has 0 saturated carbocycles. The molecule has 0 radical (unpaired) electrons. The summed E-state index contributed by atoms with van der Waals surface area (Å²) in [6.07, 6.45) is 3.58. The molecule has 4 heteroatoms. The van der Waals surface area contributed by atoms with Crippen molar-refractivity contribution in [1.29, 1.82) is 0 Å². The SMILES string of the molecule is NCc1ncsc1-c1cccnc1. The second kappa shape index (κ2) is 3.64. The third-order valence-corrected chi connectivity index (χ3v) is 2.68. The Morgan fingerprint density at radius 3 is 3.08 bits per heavy atom. The van der Waals surface area contributed by atoms with Gasteiger partial charge in [-0.1, -0.05) is 6.07 Å². The highest BCUT2D eigenvalue weighted by atomic mass is 32.1. The predicted octanol–water partition coefficient (Wildman–Crippen LogP) is 1.66. The molecule has 0 fully saturated rings. The zero-order valence-corrected chi connectivity index (χ0v) is 7.79. The van der Waals surface area contributed by atoms with Crippen molar-refractivity contribution < 1.29 is 0 Å². The fourth-order valence-electron chi connectivity index (χ4n) is 1.15. The highest BCUT2D eigenvalue weighted by molar-refractivity contribution is 7.13. The summed E-state index contributed by atoms with van der Waals surface area (Å²) in [7, 11) is 0. The number of thiazole rings is 1. The van der Waals surface area contributed by atoms with E-state index in [4.69, 9.17) is 5.73 Å². The normalized spacial score (nSPS) is 10.2. The lowest BCUT2D eigenvalue weighted by Crippen LogP contribution is -1.97. The Morgan fingerprint density at radius 2 is 2.38 bits per heavy atom. The molecule has 0 unspecified atom stereocenters. The molecule has 13 heavy (non-hydrogen) atoms. The Hall–Kier alpha value is -1.26. The van der Waals surface area contributed by atoms with Gasteiger partial charge in [0.1, 0.15) is 0 Å². The molecule has 2 aromatic heterocycles. The maximum atomic E-state index is 5.56. The highest BCUT2D eigenvalue weighted by Crippen LogP contribution is 2.26. The van der Waals surface area contributed by atoms with Crippen LogP contribution >= 0.6 is 11.3 Å². The molecule has 0 aliphatic carbocycles. The van der Waals surface area contributed by atoms with Gasteiger partial charge in [0.2, 0.25) is 0 Å². The topological polar surface area (TPSA) is 51.8 Å². The molecular formula is C9H9N3S. The van der Waals surface area contributed by atoms with E-state index in [9.17, 15) is 0 Å². The first kappa shape index (κ1) is 8.34. The second-order valence-corrected chi connectivity index (χ2v) is 3.43. The average Bonchev–Trinajstić information content (AvgIpc) is 2.67. The van der Waals surface area contributed by atoms with Gasteiger partial charge in [0.05, 0.1) is 16.1 Å². The van der Waals surface area contributed by atoms with Crippen molar-refractivity contribution in [1.82, 2.24) is 9.97 Å². The van der Waals surface area contributed by atoms with Crippen molar-refractivity contribution in [3.8, 4) is 10.4 Å². The van der Waals surface area contributed by atoms with Crippen LogP contribution < -0.4 is 5.73 Å². The molecule has 2 heterocycles. The van der Waals surface area contributed by atoms with Crippen LogP contribution in [0.3, 0.4) is 0 Å². The van der Waals surface area contributed by atoms with Crippen LogP contribution in [-0.2, 0) is 6.54 Å². The fourth-order valence-corrected chi connectivity index (χ4v) is 1.96. The summed E-state index contributed by atoms with van der Waals surface area (Å²) in [5, 5.41) is 0. The standard InChI is InChI=1S/C9H9N3S/c10-4-8-9(13-6-12-8)7-2-1-3-11-5-7/h1-3,5-6H,4,10H2. The zero-order valence-electron chi connectivity index (χ0n) is 6.97. The number of nitrogens with zero attached hydrogens (tertiary/aromatic N) is 2. The van der Waals surface area contributed by atoms with E-state index in [1.54, 1.807) is 17.5 Å². The first-order chi connectivity index (χ1) is 6.42. The first-order valence-electron chi connectivity index (χ1n) is 3.94. The Kier molecular flexibility index (Phi) is 2.33. The first-order valence-corrected chi connectivity index (χ1v) is 4.82. The number of aromatic nitrogens is 2. The van der Waals surface area contributed by atoms with Crippen molar-refractivity contribution in [3.63, 3.8) is 0 Å². The summed E-state index contributed by atoms with van der Waals surface area (Å²) in [5.41, 5.74) is 9.40. The molecular weight excluding hydrogens is 182 g/mol. The van der Waals surface area contributed by atoms with Crippen LogP contribution in [0, 0.1) is 0 Å². The van der Waals surface area contributed by atoms with Gasteiger partial charge < -0.3 is 5.73 Å². The molecule has 0 spiro atoms. The Labute approximate surface area is 80.3 Å². The minimum Gasteiger partial charge on any atom is -0.325 e. The van der Waals surface area contributed by atoms with E-state index in [1.807, 2.05) is 23.8 Å². The van der Waals surface area contributed by atoms with Gasteiger partial charge in [0.15, 0.2) is 0 Å². The van der Waals surface area contributed by atoms with Gasteiger partial charge in [-0.25, -0.2) is 4.98 Å². The van der Waals surface area contributed by atoms with Crippen LogP contribution in [0.1, 0.15) is 5.69 Å². The zero-order chi connectivity index (χ0) is 9.10. The van der Waals surface area contributed by atoms with E-state index in [-0.39, 0.29) is 0 Å². The van der Waals surface area contributed by atoms with E-state index in [1.165, 1.54) is 0 Å². The van der Waals surface area contributed by atoms with E-state index in [2.05, 4.69) is 9.97 Å². The Balaban J connectivity index is 2.47. The van der Waals surface area contributed by atoms with Crippen molar-refractivity contribution >= 4 is 11.3 Å². The van der Waals surface area contributed by atoms with E-state index >= 15 is 0 Å². The van der Waals surface area contributed by atoms with Crippen LogP contribution in [0.5, 0.6) is 0 Å². The number of pyridine rings is 1. The maximum Gasteiger partial charge on any atom is 0.0802 e. The Morgan fingerprint density at radius 1 is 1.46 bits per heavy atom. The molecule has 2 aromatic rings. The predicted molar refractivity (Wildman–Crippen MR) is 53.2 cm³/mol. The summed E-state index contributed by atoms with van der Waals surface area (Å²) in [5.74, 6) is 0. The summed E-state index contributed by atoms with van der Waals surface area (Å²) >= 11 is 1.60. The quantitative estimate of drug-likeness (QED) is 0.785. The maximum absolute atomic E-state index is 5.56. The largest absolute Gasteiger partial charge is 0.325 e. The number of hydrogen-bond donors (Lipinski definition) is 1. The summed E-state index contributed by atoms with van der Waals surface area (Å²) in [6.45, 7) is 0.480. The smallest absolute Gasteiger partial charge is 0.0802 e. The van der Waals surface area contributed by atoms with Crippen LogP contribution in [0.25, 0.3) is 10.4 Å². The van der Waals surface area contributed by atoms with Crippen molar-refractivity contribution in [2.45, 2.75) is 6.54 Å². The molecule has 0 aromatic carbocycles. The van der Waals surface area contributed by atoms with Crippen molar-refractivity contribution in [2.75, 3.05) is 0 Å². The van der Waals surface area contributed by atoms with E-state index in [0.29, 0.717) is 6.54 Å². The molecule has 2 N–H and O–H groups in total. The molecule has 0 aliphatic rings. The molecule has 0 amide bonds. The van der Waals surface area contributed by atoms with Crippen LogP contribution in [-0.4, -0.2) is 9.97 Å². The van der Waals surface area contributed by atoms with E-state index < -0.39 is 0 Å². The summed E-state index contributed by atoms with van der Waals surface area (Å²) in [4.78, 5) is 9.35. The van der Waals surface area contributed by atoms with Crippen LogP contribution in [0.15, 0.2) is 30.0 Å². The lowest BCUT2D eigenvalue weighted by Gasteiger charge is -1.97. The number of rotatable bonds is 2. The minimum absolute atomic E-state index is 0.480. The van der Waals surface area contributed by atoms with Crippen LogP contribution in [0.4, 0.5) is 0 Å². The van der Waals surface area contributed by atoms with Gasteiger partial charge in [0.25, 0.3) is 0 Å². The number of hydrogen-bond acceptors (Lipinski definition) is 4. The average molecular weight is 191 g/mol. The van der Waals surface area contributed by atoms with Crippen molar-refractivity contribution in [3.05, 3.63) is 35.7 Å². The molecule has 66 valence electrons. The monoisotopic (exact) mass is 191 g/mol. The van der Waals surface area contributed by atoms with Gasteiger partial charge in [-0.2, -0.15) is 0 Å². The highest BCUT2D eigenvalue weighted by Gasteiger charge is 2.05. The summed E-state index contributed by atoms with van der Waals surface area (Å²) in [6, 6.07) is 3.93. The minimum atomic E-state index is 0.480. The molecule has 0 bridgehead atoms. The molecule has 0 aliphatic heterocycles.